The van der Waals surface area contributed by atoms with Crippen molar-refractivity contribution in [2.45, 2.75) is 18.9 Å². The SMILES string of the molecule is O=c1cc(N2CCC(O)CC2)cc[nH]1. The minimum atomic E-state index is -0.173. The summed E-state index contributed by atoms with van der Waals surface area (Å²) in [4.78, 5) is 15.8. The Morgan fingerprint density at radius 2 is 2.14 bits per heavy atom. The van der Waals surface area contributed by atoms with Crippen LogP contribution < -0.4 is 10.5 Å². The molecule has 1 aliphatic rings. The quantitative estimate of drug-likeness (QED) is 0.677. The first kappa shape index (κ1) is 9.27. The highest BCUT2D eigenvalue weighted by Gasteiger charge is 2.16. The van der Waals surface area contributed by atoms with Gasteiger partial charge in [0.15, 0.2) is 0 Å². The molecule has 1 aliphatic heterocycles. The van der Waals surface area contributed by atoms with E-state index < -0.39 is 0 Å². The Balaban J connectivity index is 2.12. The summed E-state index contributed by atoms with van der Waals surface area (Å²) in [5.41, 5.74) is 0.870. The smallest absolute Gasteiger partial charge is 0.249 e. The summed E-state index contributed by atoms with van der Waals surface area (Å²) in [6, 6.07) is 3.48. The van der Waals surface area contributed by atoms with Crippen molar-refractivity contribution in [3.05, 3.63) is 28.7 Å². The molecule has 1 saturated heterocycles. The largest absolute Gasteiger partial charge is 0.393 e. The molecule has 14 heavy (non-hydrogen) atoms. The minimum Gasteiger partial charge on any atom is -0.393 e. The third-order valence-corrected chi connectivity index (χ3v) is 2.59. The molecule has 0 unspecified atom stereocenters. The summed E-state index contributed by atoms with van der Waals surface area (Å²) in [5, 5.41) is 9.33. The standard InChI is InChI=1S/C10H14N2O2/c13-9-2-5-12(6-3-9)8-1-4-11-10(14)7-8/h1,4,7,9,13H,2-3,5-6H2,(H,11,14). The van der Waals surface area contributed by atoms with E-state index in [4.69, 9.17) is 0 Å². The lowest BCUT2D eigenvalue weighted by molar-refractivity contribution is 0.145. The van der Waals surface area contributed by atoms with Crippen molar-refractivity contribution in [3.63, 3.8) is 0 Å². The summed E-state index contributed by atoms with van der Waals surface area (Å²) >= 11 is 0. The summed E-state index contributed by atoms with van der Waals surface area (Å²) in [6.45, 7) is 1.65. The number of nitrogens with zero attached hydrogens (tertiary/aromatic N) is 1. The third-order valence-electron chi connectivity index (χ3n) is 2.59. The van der Waals surface area contributed by atoms with Gasteiger partial charge in [0.25, 0.3) is 0 Å². The first-order valence-corrected chi connectivity index (χ1v) is 4.87. The number of hydrogen-bond donors (Lipinski definition) is 2. The number of aromatic amines is 1. The van der Waals surface area contributed by atoms with Crippen LogP contribution in [0.3, 0.4) is 0 Å². The monoisotopic (exact) mass is 194 g/mol. The van der Waals surface area contributed by atoms with Crippen LogP contribution in [0.25, 0.3) is 0 Å². The molecule has 0 spiro atoms. The van der Waals surface area contributed by atoms with Gasteiger partial charge < -0.3 is 15.0 Å². The number of aliphatic hydroxyl groups excluding tert-OH is 1. The van der Waals surface area contributed by atoms with E-state index in [1.54, 1.807) is 12.3 Å². The van der Waals surface area contributed by atoms with Gasteiger partial charge in [-0.1, -0.05) is 0 Å². The average Bonchev–Trinajstić information content (AvgIpc) is 2.19. The molecular weight excluding hydrogens is 180 g/mol. The van der Waals surface area contributed by atoms with Crippen molar-refractivity contribution in [2.75, 3.05) is 18.0 Å². The van der Waals surface area contributed by atoms with Crippen molar-refractivity contribution < 1.29 is 5.11 Å². The van der Waals surface area contributed by atoms with Gasteiger partial charge in [0, 0.05) is 31.0 Å². The Hall–Kier alpha value is -1.29. The second-order valence-electron chi connectivity index (χ2n) is 3.63. The number of anilines is 1. The number of nitrogens with one attached hydrogen (secondary N) is 1. The number of aromatic nitrogens is 1. The molecule has 76 valence electrons. The number of H-pyrrole nitrogens is 1. The maximum atomic E-state index is 11.1. The molecule has 0 radical (unpaired) electrons. The molecule has 0 atom stereocenters. The molecular formula is C10H14N2O2. The van der Waals surface area contributed by atoms with Crippen molar-refractivity contribution in [1.29, 1.82) is 0 Å². The Kier molecular flexibility index (Phi) is 2.54. The van der Waals surface area contributed by atoms with E-state index in [1.165, 1.54) is 0 Å². The van der Waals surface area contributed by atoms with Gasteiger partial charge >= 0.3 is 0 Å². The maximum absolute atomic E-state index is 11.1. The highest BCUT2D eigenvalue weighted by atomic mass is 16.3. The van der Waals surface area contributed by atoms with Gasteiger partial charge in [-0.2, -0.15) is 0 Å². The molecule has 1 fully saturated rings. The molecule has 4 heteroatoms. The number of aliphatic hydroxyl groups is 1. The Bertz CT molecular complexity index is 353. The fraction of sp³-hybridized carbons (Fsp3) is 0.500. The van der Waals surface area contributed by atoms with Gasteiger partial charge in [0.1, 0.15) is 0 Å². The van der Waals surface area contributed by atoms with Crippen LogP contribution in [0, 0.1) is 0 Å². The fourth-order valence-electron chi connectivity index (χ4n) is 1.75. The van der Waals surface area contributed by atoms with Gasteiger partial charge in [0.05, 0.1) is 6.10 Å². The van der Waals surface area contributed by atoms with E-state index in [0.29, 0.717) is 0 Å². The zero-order valence-corrected chi connectivity index (χ0v) is 7.94. The highest BCUT2D eigenvalue weighted by Crippen LogP contribution is 2.17. The molecule has 0 aromatic carbocycles. The predicted octanol–water partition coefficient (Wildman–Crippen LogP) is 0.336. The van der Waals surface area contributed by atoms with E-state index in [9.17, 15) is 9.90 Å². The van der Waals surface area contributed by atoms with Gasteiger partial charge in [0.2, 0.25) is 5.56 Å². The Labute approximate surface area is 82.2 Å². The van der Waals surface area contributed by atoms with Crippen molar-refractivity contribution in [3.8, 4) is 0 Å². The lowest BCUT2D eigenvalue weighted by Crippen LogP contribution is -2.36. The van der Waals surface area contributed by atoms with Gasteiger partial charge in [-0.15, -0.1) is 0 Å². The van der Waals surface area contributed by atoms with Gasteiger partial charge in [-0.3, -0.25) is 4.79 Å². The topological polar surface area (TPSA) is 56.3 Å². The Morgan fingerprint density at radius 3 is 2.79 bits per heavy atom. The molecule has 4 nitrogen and oxygen atoms in total. The van der Waals surface area contributed by atoms with E-state index in [0.717, 1.165) is 31.6 Å². The number of hydrogen-bond acceptors (Lipinski definition) is 3. The van der Waals surface area contributed by atoms with Crippen LogP contribution in [0.15, 0.2) is 23.1 Å². The van der Waals surface area contributed by atoms with Crippen LogP contribution in [0.4, 0.5) is 5.69 Å². The van der Waals surface area contributed by atoms with Crippen LogP contribution in [-0.4, -0.2) is 29.3 Å². The van der Waals surface area contributed by atoms with E-state index in [1.807, 2.05) is 6.07 Å². The molecule has 2 rings (SSSR count). The second-order valence-corrected chi connectivity index (χ2v) is 3.63. The van der Waals surface area contributed by atoms with Crippen LogP contribution in [0.2, 0.25) is 0 Å². The normalized spacial score (nSPS) is 18.5. The van der Waals surface area contributed by atoms with E-state index in [2.05, 4.69) is 9.88 Å². The zero-order chi connectivity index (χ0) is 9.97. The van der Waals surface area contributed by atoms with Crippen molar-refractivity contribution >= 4 is 5.69 Å². The van der Waals surface area contributed by atoms with Gasteiger partial charge in [-0.05, 0) is 18.9 Å². The van der Waals surface area contributed by atoms with Crippen molar-refractivity contribution in [2.24, 2.45) is 0 Å². The Morgan fingerprint density at radius 1 is 1.43 bits per heavy atom. The lowest BCUT2D eigenvalue weighted by atomic mass is 10.1. The van der Waals surface area contributed by atoms with Crippen molar-refractivity contribution in [1.82, 2.24) is 4.98 Å². The van der Waals surface area contributed by atoms with Crippen LogP contribution in [0.1, 0.15) is 12.8 Å². The third kappa shape index (κ3) is 1.96. The van der Waals surface area contributed by atoms with E-state index in [-0.39, 0.29) is 11.7 Å². The molecule has 0 amide bonds. The molecule has 1 aromatic rings. The number of rotatable bonds is 1. The zero-order valence-electron chi connectivity index (χ0n) is 7.94. The van der Waals surface area contributed by atoms with Crippen LogP contribution >= 0.6 is 0 Å². The molecule has 0 aliphatic carbocycles. The van der Waals surface area contributed by atoms with Crippen LogP contribution in [-0.2, 0) is 0 Å². The average molecular weight is 194 g/mol. The van der Waals surface area contributed by atoms with Gasteiger partial charge in [-0.25, -0.2) is 0 Å². The fourth-order valence-corrected chi connectivity index (χ4v) is 1.75. The number of pyridine rings is 1. The molecule has 0 bridgehead atoms. The summed E-state index contributed by atoms with van der Waals surface area (Å²) in [7, 11) is 0. The first-order chi connectivity index (χ1) is 6.75. The number of piperidine rings is 1. The lowest BCUT2D eigenvalue weighted by Gasteiger charge is -2.31. The van der Waals surface area contributed by atoms with E-state index >= 15 is 0 Å². The summed E-state index contributed by atoms with van der Waals surface area (Å²) in [6.07, 6.45) is 3.05. The van der Waals surface area contributed by atoms with Crippen LogP contribution in [0.5, 0.6) is 0 Å². The highest BCUT2D eigenvalue weighted by molar-refractivity contribution is 5.44. The summed E-state index contributed by atoms with van der Waals surface area (Å²) in [5.74, 6) is 0. The molecule has 2 N–H and O–H groups in total. The molecule has 2 heterocycles. The maximum Gasteiger partial charge on any atom is 0.249 e. The molecule has 1 aromatic heterocycles. The predicted molar refractivity (Wildman–Crippen MR) is 54.5 cm³/mol. The molecule has 0 saturated carbocycles. The second kappa shape index (κ2) is 3.84. The summed E-state index contributed by atoms with van der Waals surface area (Å²) < 4.78 is 0. The minimum absolute atomic E-state index is 0.0754. The first-order valence-electron chi connectivity index (χ1n) is 4.87.